The summed E-state index contributed by atoms with van der Waals surface area (Å²) in [5.74, 6) is 2.79. The zero-order chi connectivity index (χ0) is 24.8. The van der Waals surface area contributed by atoms with E-state index in [0.29, 0.717) is 47.7 Å². The molecule has 4 atom stereocenters. The largest absolute Gasteiger partial charge is 0.489 e. The molecule has 7 rings (SSSR count). The van der Waals surface area contributed by atoms with Crippen molar-refractivity contribution in [1.29, 1.82) is 0 Å². The van der Waals surface area contributed by atoms with Gasteiger partial charge in [-0.15, -0.1) is 0 Å². The second-order valence-corrected chi connectivity index (χ2v) is 9.64. The van der Waals surface area contributed by atoms with Crippen LogP contribution in [0.1, 0.15) is 48.0 Å². The molecule has 1 amide bonds. The van der Waals surface area contributed by atoms with Crippen LogP contribution >= 0.6 is 0 Å². The SMILES string of the molecule is Cn1c(C2C3Oc4ccc(OC5CC=NC6=C5CCC(=O)N6)cc4C32)nc2cc(C(F)(F)F)ccc21. The third kappa shape index (κ3) is 3.23. The van der Waals surface area contributed by atoms with Crippen LogP contribution in [0.2, 0.25) is 0 Å². The van der Waals surface area contributed by atoms with Gasteiger partial charge in [0, 0.05) is 43.2 Å². The third-order valence-corrected chi connectivity index (χ3v) is 7.49. The van der Waals surface area contributed by atoms with Crippen molar-refractivity contribution < 1.29 is 27.4 Å². The molecule has 4 aliphatic rings. The molecular weight excluding hydrogens is 473 g/mol. The van der Waals surface area contributed by atoms with Crippen LogP contribution in [0.25, 0.3) is 11.0 Å². The molecule has 1 N–H and O–H groups in total. The predicted molar refractivity (Wildman–Crippen MR) is 124 cm³/mol. The van der Waals surface area contributed by atoms with E-state index in [9.17, 15) is 18.0 Å². The number of carbonyl (C=O) groups is 1. The van der Waals surface area contributed by atoms with Gasteiger partial charge in [-0.2, -0.15) is 13.2 Å². The van der Waals surface area contributed by atoms with Crippen molar-refractivity contribution >= 4 is 23.2 Å². The Morgan fingerprint density at radius 2 is 2.00 bits per heavy atom. The van der Waals surface area contributed by atoms with Crippen molar-refractivity contribution in [2.45, 2.75) is 49.5 Å². The van der Waals surface area contributed by atoms with E-state index in [1.807, 2.05) is 29.8 Å². The summed E-state index contributed by atoms with van der Waals surface area (Å²) in [6, 6.07) is 9.41. The lowest BCUT2D eigenvalue weighted by atomic mass is 9.97. The minimum atomic E-state index is -4.41. The predicted octanol–water partition coefficient (Wildman–Crippen LogP) is 4.58. The molecule has 4 unspecified atom stereocenters. The Hall–Kier alpha value is -3.82. The van der Waals surface area contributed by atoms with E-state index in [2.05, 4.69) is 15.3 Å². The molecule has 7 nitrogen and oxygen atoms in total. The van der Waals surface area contributed by atoms with Crippen molar-refractivity contribution in [2.24, 2.45) is 12.0 Å². The van der Waals surface area contributed by atoms with Gasteiger partial charge >= 0.3 is 6.18 Å². The Bertz CT molecular complexity index is 1510. The van der Waals surface area contributed by atoms with E-state index in [4.69, 9.17) is 9.47 Å². The van der Waals surface area contributed by atoms with Crippen molar-refractivity contribution in [3.8, 4) is 11.5 Å². The summed E-state index contributed by atoms with van der Waals surface area (Å²) >= 11 is 0. The first-order valence-corrected chi connectivity index (χ1v) is 11.8. The zero-order valence-electron chi connectivity index (χ0n) is 19.2. The van der Waals surface area contributed by atoms with Crippen LogP contribution in [0.4, 0.5) is 13.2 Å². The molecular formula is C26H21F3N4O3. The van der Waals surface area contributed by atoms with Gasteiger partial charge in [0.2, 0.25) is 5.91 Å². The van der Waals surface area contributed by atoms with Crippen molar-refractivity contribution in [3.05, 3.63) is 64.7 Å². The number of carbonyl (C=O) groups excluding carboxylic acids is 1. The first-order valence-electron chi connectivity index (χ1n) is 11.8. The Balaban J connectivity index is 1.15. The second-order valence-electron chi connectivity index (χ2n) is 9.64. The van der Waals surface area contributed by atoms with Crippen LogP contribution in [0.15, 0.2) is 52.8 Å². The quantitative estimate of drug-likeness (QED) is 0.579. The minimum Gasteiger partial charge on any atom is -0.489 e. The van der Waals surface area contributed by atoms with E-state index in [1.54, 1.807) is 6.21 Å². The number of nitrogens with one attached hydrogen (secondary N) is 1. The molecule has 1 aromatic heterocycles. The molecule has 0 bridgehead atoms. The Kier molecular flexibility index (Phi) is 4.38. The highest BCUT2D eigenvalue weighted by atomic mass is 19.4. The molecule has 3 aromatic rings. The molecule has 0 spiro atoms. The summed E-state index contributed by atoms with van der Waals surface area (Å²) < 4.78 is 53.8. The fourth-order valence-electron chi connectivity index (χ4n) is 5.65. The molecule has 36 heavy (non-hydrogen) atoms. The lowest BCUT2D eigenvalue weighted by Crippen LogP contribution is -2.35. The van der Waals surface area contributed by atoms with Gasteiger partial charge in [-0.05, 0) is 42.8 Å². The lowest BCUT2D eigenvalue weighted by Gasteiger charge is -2.28. The number of hydrogen-bond acceptors (Lipinski definition) is 5. The smallest absolute Gasteiger partial charge is 0.416 e. The number of alkyl halides is 3. The number of rotatable bonds is 3. The van der Waals surface area contributed by atoms with Crippen molar-refractivity contribution in [3.63, 3.8) is 0 Å². The van der Waals surface area contributed by atoms with Gasteiger partial charge in [-0.25, -0.2) is 9.98 Å². The number of nitrogens with zero attached hydrogens (tertiary/aromatic N) is 3. The molecule has 1 aliphatic carbocycles. The van der Waals surface area contributed by atoms with Gasteiger partial charge in [0.15, 0.2) is 0 Å². The first kappa shape index (κ1) is 21.5. The van der Waals surface area contributed by atoms with Crippen LogP contribution in [0.3, 0.4) is 0 Å². The number of benzene rings is 2. The Morgan fingerprint density at radius 3 is 2.83 bits per heavy atom. The van der Waals surface area contributed by atoms with Crippen LogP contribution < -0.4 is 14.8 Å². The third-order valence-electron chi connectivity index (χ3n) is 7.49. The Labute approximate surface area is 203 Å². The maximum Gasteiger partial charge on any atom is 0.416 e. The summed E-state index contributed by atoms with van der Waals surface area (Å²) in [5.41, 5.74) is 2.29. The number of aromatic nitrogens is 2. The summed E-state index contributed by atoms with van der Waals surface area (Å²) in [6.45, 7) is 0. The molecule has 4 heterocycles. The first-order chi connectivity index (χ1) is 17.3. The molecule has 1 saturated carbocycles. The number of aryl methyl sites for hydroxylation is 1. The molecule has 0 radical (unpaired) electrons. The molecule has 1 fully saturated rings. The topological polar surface area (TPSA) is 77.7 Å². The van der Waals surface area contributed by atoms with Gasteiger partial charge in [0.1, 0.15) is 35.4 Å². The highest BCUT2D eigenvalue weighted by Crippen LogP contribution is 2.63. The summed E-state index contributed by atoms with van der Waals surface area (Å²) in [4.78, 5) is 20.6. The van der Waals surface area contributed by atoms with E-state index >= 15 is 0 Å². The Morgan fingerprint density at radius 1 is 1.14 bits per heavy atom. The van der Waals surface area contributed by atoms with Crippen LogP contribution in [0, 0.1) is 0 Å². The number of aliphatic imine (C=N–C) groups is 1. The minimum absolute atomic E-state index is 0.0378. The number of ether oxygens (including phenoxy) is 2. The number of fused-ring (bicyclic) bond motifs is 4. The lowest BCUT2D eigenvalue weighted by molar-refractivity contribution is -0.137. The van der Waals surface area contributed by atoms with Crippen LogP contribution in [-0.2, 0) is 18.0 Å². The highest BCUT2D eigenvalue weighted by molar-refractivity contribution is 5.81. The van der Waals surface area contributed by atoms with Gasteiger partial charge in [-0.1, -0.05) is 0 Å². The molecule has 0 saturated heterocycles. The number of halogens is 3. The summed E-state index contributed by atoms with van der Waals surface area (Å²) in [7, 11) is 1.82. The van der Waals surface area contributed by atoms with Gasteiger partial charge < -0.3 is 19.4 Å². The maximum absolute atomic E-state index is 13.2. The van der Waals surface area contributed by atoms with Crippen LogP contribution in [-0.4, -0.2) is 33.9 Å². The van der Waals surface area contributed by atoms with Crippen molar-refractivity contribution in [2.75, 3.05) is 0 Å². The van der Waals surface area contributed by atoms with Crippen LogP contribution in [0.5, 0.6) is 11.5 Å². The maximum atomic E-state index is 13.2. The van der Waals surface area contributed by atoms with E-state index in [-0.39, 0.29) is 30.0 Å². The second kappa shape index (κ2) is 7.35. The molecule has 10 heteroatoms. The number of imidazole rings is 1. The zero-order valence-corrected chi connectivity index (χ0v) is 19.2. The molecule has 184 valence electrons. The van der Waals surface area contributed by atoms with E-state index in [1.165, 1.54) is 6.07 Å². The summed E-state index contributed by atoms with van der Waals surface area (Å²) in [5, 5.41) is 2.81. The van der Waals surface area contributed by atoms with Gasteiger partial charge in [0.05, 0.1) is 22.5 Å². The fourth-order valence-corrected chi connectivity index (χ4v) is 5.65. The average molecular weight is 494 g/mol. The normalized spacial score (nSPS) is 26.3. The van der Waals surface area contributed by atoms with E-state index in [0.717, 1.165) is 29.0 Å². The monoisotopic (exact) mass is 494 g/mol. The fraction of sp³-hybridized carbons (Fsp3) is 0.346. The van der Waals surface area contributed by atoms with Crippen molar-refractivity contribution in [1.82, 2.24) is 14.9 Å². The molecule has 2 aromatic carbocycles. The van der Waals surface area contributed by atoms with Gasteiger partial charge in [-0.3, -0.25) is 4.79 Å². The average Bonchev–Trinajstić information content (AvgIpc) is 3.26. The standard InChI is InChI=1S/C26H21F3N4O3/c1-33-17-5-2-12(26(27,28)29)10-16(17)31-25(33)22-21-15-11-13(3-6-18(15)36-23(21)22)35-19-8-9-30-24-14(19)4-7-20(34)32-24/h2-3,5-6,9-11,19,21-23H,4,7-8H2,1H3,(H,32,34). The molecule has 3 aliphatic heterocycles. The number of amides is 1. The highest BCUT2D eigenvalue weighted by Gasteiger charge is 2.61. The van der Waals surface area contributed by atoms with E-state index < -0.39 is 11.7 Å². The number of hydrogen-bond donors (Lipinski definition) is 1. The van der Waals surface area contributed by atoms with Gasteiger partial charge in [0.25, 0.3) is 0 Å². The summed E-state index contributed by atoms with van der Waals surface area (Å²) in [6.07, 6.45) is -1.30.